The van der Waals surface area contributed by atoms with E-state index in [1.54, 1.807) is 38.5 Å². The average Bonchev–Trinajstić information content (AvgIpc) is 3.05. The second-order valence-corrected chi connectivity index (χ2v) is 5.77. The molecule has 0 spiro atoms. The number of carbonyl (C=O) groups is 1. The molecule has 0 saturated carbocycles. The van der Waals surface area contributed by atoms with Gasteiger partial charge in [-0.3, -0.25) is 0 Å². The predicted octanol–water partition coefficient (Wildman–Crippen LogP) is 4.31. The van der Waals surface area contributed by atoms with Gasteiger partial charge >= 0.3 is 5.97 Å². The maximum absolute atomic E-state index is 11.0. The zero-order chi connectivity index (χ0) is 18.8. The van der Waals surface area contributed by atoms with Crippen LogP contribution in [0.3, 0.4) is 0 Å². The van der Waals surface area contributed by atoms with Crippen molar-refractivity contribution in [3.8, 4) is 28.6 Å². The van der Waals surface area contributed by atoms with Crippen molar-refractivity contribution < 1.29 is 28.9 Å². The van der Waals surface area contributed by atoms with Gasteiger partial charge in [-0.25, -0.2) is 4.79 Å². The molecule has 26 heavy (non-hydrogen) atoms. The monoisotopic (exact) mass is 354 g/mol. The lowest BCUT2D eigenvalue weighted by molar-refractivity contribution is -0.132. The molecule has 0 aliphatic carbocycles. The summed E-state index contributed by atoms with van der Waals surface area (Å²) in [5.74, 6) is 0.649. The summed E-state index contributed by atoms with van der Waals surface area (Å²) in [7, 11) is 3.11. The van der Waals surface area contributed by atoms with Crippen LogP contribution in [-0.4, -0.2) is 30.4 Å². The number of rotatable bonds is 5. The summed E-state index contributed by atoms with van der Waals surface area (Å²) in [6, 6.07) is 10.4. The van der Waals surface area contributed by atoms with Crippen molar-refractivity contribution in [3.63, 3.8) is 0 Å². The van der Waals surface area contributed by atoms with Crippen LogP contribution in [0.25, 0.3) is 28.4 Å². The third-order valence-electron chi connectivity index (χ3n) is 4.01. The highest BCUT2D eigenvalue weighted by atomic mass is 16.5. The van der Waals surface area contributed by atoms with Gasteiger partial charge in [0.05, 0.1) is 14.2 Å². The Morgan fingerprint density at radius 1 is 1.08 bits per heavy atom. The van der Waals surface area contributed by atoms with Gasteiger partial charge in [-0.1, -0.05) is 0 Å². The molecule has 6 heteroatoms. The van der Waals surface area contributed by atoms with Crippen molar-refractivity contribution >= 4 is 23.0 Å². The van der Waals surface area contributed by atoms with Crippen molar-refractivity contribution in [2.75, 3.05) is 14.2 Å². The summed E-state index contributed by atoms with van der Waals surface area (Å²) in [4.78, 5) is 11.0. The lowest BCUT2D eigenvalue weighted by Crippen LogP contribution is -1.95. The number of phenolic OH excluding ortho intramolecular Hbond substituents is 1. The van der Waals surface area contributed by atoms with Crippen LogP contribution in [0.5, 0.6) is 17.2 Å². The quantitative estimate of drug-likeness (QED) is 0.664. The summed E-state index contributed by atoms with van der Waals surface area (Å²) in [5.41, 5.74) is 1.85. The van der Waals surface area contributed by atoms with Gasteiger partial charge in [0.15, 0.2) is 22.8 Å². The molecule has 3 rings (SSSR count). The Hall–Kier alpha value is -3.41. The van der Waals surface area contributed by atoms with Gasteiger partial charge < -0.3 is 24.1 Å². The number of methoxy groups -OCH3 is 2. The van der Waals surface area contributed by atoms with Gasteiger partial charge in [0, 0.05) is 16.5 Å². The van der Waals surface area contributed by atoms with Gasteiger partial charge in [0.25, 0.3) is 0 Å². The maximum atomic E-state index is 11.0. The van der Waals surface area contributed by atoms with Crippen molar-refractivity contribution in [1.29, 1.82) is 0 Å². The molecule has 0 aliphatic heterocycles. The zero-order valence-corrected chi connectivity index (χ0v) is 14.6. The SMILES string of the molecule is COc1ccc(-c2cc3cc(/C=C(\C)C(=O)O)cc(O)c3o2)cc1OC. The lowest BCUT2D eigenvalue weighted by Gasteiger charge is -2.08. The summed E-state index contributed by atoms with van der Waals surface area (Å²) in [5, 5.41) is 19.9. The minimum absolute atomic E-state index is 0.0568. The number of fused-ring (bicyclic) bond motifs is 1. The Bertz CT molecular complexity index is 1010. The molecule has 1 aromatic heterocycles. The maximum Gasteiger partial charge on any atom is 0.331 e. The van der Waals surface area contributed by atoms with E-state index >= 15 is 0 Å². The number of hydrogen-bond acceptors (Lipinski definition) is 5. The van der Waals surface area contributed by atoms with E-state index < -0.39 is 5.97 Å². The van der Waals surface area contributed by atoms with Crippen LogP contribution in [0.4, 0.5) is 0 Å². The Morgan fingerprint density at radius 2 is 1.81 bits per heavy atom. The minimum Gasteiger partial charge on any atom is -0.504 e. The summed E-state index contributed by atoms with van der Waals surface area (Å²) >= 11 is 0. The molecule has 0 bridgehead atoms. The highest BCUT2D eigenvalue weighted by Crippen LogP contribution is 2.37. The molecule has 1 heterocycles. The fourth-order valence-corrected chi connectivity index (χ4v) is 2.68. The number of ether oxygens (including phenoxy) is 2. The topological polar surface area (TPSA) is 89.1 Å². The second-order valence-electron chi connectivity index (χ2n) is 5.77. The molecule has 6 nitrogen and oxygen atoms in total. The van der Waals surface area contributed by atoms with E-state index in [0.717, 1.165) is 5.56 Å². The lowest BCUT2D eigenvalue weighted by atomic mass is 10.1. The van der Waals surface area contributed by atoms with Crippen LogP contribution in [0.15, 0.2) is 46.4 Å². The Labute approximate surface area is 149 Å². The third kappa shape index (κ3) is 3.21. The number of hydrogen-bond donors (Lipinski definition) is 2. The number of carboxylic acids is 1. The standard InChI is InChI=1S/C20H18O6/c1-11(20(22)23)6-12-7-14-10-17(26-19(14)15(21)8-12)13-4-5-16(24-2)18(9-13)25-3/h4-10,21H,1-3H3,(H,22,23)/b11-6+. The fourth-order valence-electron chi connectivity index (χ4n) is 2.68. The molecule has 0 radical (unpaired) electrons. The first-order chi connectivity index (χ1) is 12.4. The first-order valence-electron chi connectivity index (χ1n) is 7.83. The number of furan rings is 1. The Balaban J connectivity index is 2.08. The number of aromatic hydroxyl groups is 1. The summed E-state index contributed by atoms with van der Waals surface area (Å²) in [6.07, 6.45) is 1.49. The summed E-state index contributed by atoms with van der Waals surface area (Å²) in [6.45, 7) is 1.49. The van der Waals surface area contributed by atoms with E-state index in [1.165, 1.54) is 19.1 Å². The number of aliphatic carboxylic acids is 1. The molecule has 0 fully saturated rings. The highest BCUT2D eigenvalue weighted by Gasteiger charge is 2.13. The zero-order valence-electron chi connectivity index (χ0n) is 14.6. The number of benzene rings is 2. The number of phenols is 1. The second kappa shape index (κ2) is 6.84. The van der Waals surface area contributed by atoms with Crippen LogP contribution in [-0.2, 0) is 4.79 Å². The van der Waals surface area contributed by atoms with Crippen LogP contribution in [0.2, 0.25) is 0 Å². The molecule has 0 aliphatic rings. The molecular formula is C20H18O6. The first-order valence-corrected chi connectivity index (χ1v) is 7.83. The molecule has 0 amide bonds. The molecular weight excluding hydrogens is 336 g/mol. The number of carboxylic acid groups (broad SMARTS) is 1. The van der Waals surface area contributed by atoms with E-state index in [4.69, 9.17) is 19.0 Å². The molecule has 134 valence electrons. The van der Waals surface area contributed by atoms with E-state index in [0.29, 0.717) is 33.8 Å². The van der Waals surface area contributed by atoms with Crippen molar-refractivity contribution in [3.05, 3.63) is 47.5 Å². The Morgan fingerprint density at radius 3 is 2.46 bits per heavy atom. The molecule has 0 saturated heterocycles. The van der Waals surface area contributed by atoms with Crippen molar-refractivity contribution in [1.82, 2.24) is 0 Å². The van der Waals surface area contributed by atoms with E-state index in [9.17, 15) is 9.90 Å². The van der Waals surface area contributed by atoms with Crippen LogP contribution >= 0.6 is 0 Å². The van der Waals surface area contributed by atoms with Gasteiger partial charge in [-0.15, -0.1) is 0 Å². The van der Waals surface area contributed by atoms with Crippen LogP contribution in [0.1, 0.15) is 12.5 Å². The van der Waals surface area contributed by atoms with E-state index in [-0.39, 0.29) is 11.3 Å². The van der Waals surface area contributed by atoms with Gasteiger partial charge in [0.2, 0.25) is 0 Å². The van der Waals surface area contributed by atoms with E-state index in [2.05, 4.69) is 0 Å². The van der Waals surface area contributed by atoms with Crippen molar-refractivity contribution in [2.45, 2.75) is 6.92 Å². The predicted molar refractivity (Wildman–Crippen MR) is 97.7 cm³/mol. The van der Waals surface area contributed by atoms with Crippen molar-refractivity contribution in [2.24, 2.45) is 0 Å². The van der Waals surface area contributed by atoms with Gasteiger partial charge in [0.1, 0.15) is 5.76 Å². The first kappa shape index (κ1) is 17.4. The minimum atomic E-state index is -1.01. The highest BCUT2D eigenvalue weighted by molar-refractivity contribution is 5.94. The van der Waals surface area contributed by atoms with Gasteiger partial charge in [-0.05, 0) is 55.0 Å². The largest absolute Gasteiger partial charge is 0.504 e. The van der Waals surface area contributed by atoms with Crippen LogP contribution < -0.4 is 9.47 Å². The molecule has 3 aromatic rings. The van der Waals surface area contributed by atoms with Crippen LogP contribution in [0, 0.1) is 0 Å². The van der Waals surface area contributed by atoms with E-state index in [1.807, 2.05) is 6.07 Å². The molecule has 0 unspecified atom stereocenters. The average molecular weight is 354 g/mol. The molecule has 2 aromatic carbocycles. The molecule has 2 N–H and O–H groups in total. The van der Waals surface area contributed by atoms with Gasteiger partial charge in [-0.2, -0.15) is 0 Å². The normalized spacial score (nSPS) is 11.6. The third-order valence-corrected chi connectivity index (χ3v) is 4.01. The smallest absolute Gasteiger partial charge is 0.331 e. The fraction of sp³-hybridized carbons (Fsp3) is 0.150. The Kier molecular flexibility index (Phi) is 4.58. The molecule has 0 atom stereocenters. The summed E-state index contributed by atoms with van der Waals surface area (Å²) < 4.78 is 16.3.